The second kappa shape index (κ2) is 7.66. The first-order chi connectivity index (χ1) is 14.3. The minimum Gasteiger partial charge on any atom is -0.377 e. The predicted octanol–water partition coefficient (Wildman–Crippen LogP) is 2.48. The van der Waals surface area contributed by atoms with Gasteiger partial charge >= 0.3 is 0 Å². The van der Waals surface area contributed by atoms with Gasteiger partial charge in [0.05, 0.1) is 30.5 Å². The molecule has 29 heavy (non-hydrogen) atoms. The molecular formula is C22H22N6O. The topological polar surface area (TPSA) is 78.5 Å². The molecule has 0 amide bonds. The van der Waals surface area contributed by atoms with E-state index >= 15 is 0 Å². The van der Waals surface area contributed by atoms with Gasteiger partial charge in [-0.25, -0.2) is 9.50 Å². The van der Waals surface area contributed by atoms with Crippen molar-refractivity contribution < 1.29 is 4.74 Å². The van der Waals surface area contributed by atoms with Crippen LogP contribution in [0.3, 0.4) is 0 Å². The highest BCUT2D eigenvalue weighted by molar-refractivity contribution is 5.87. The maximum Gasteiger partial charge on any atom is 0.128 e. The summed E-state index contributed by atoms with van der Waals surface area (Å²) in [4.78, 5) is 7.01. The molecule has 0 radical (unpaired) electrons. The largest absolute Gasteiger partial charge is 0.377 e. The SMILES string of the molecule is N#Cc1cnn2cc(C3=CCOCC3)cc(-c3ccc(N4CCNCC4)nc3)c12. The first-order valence-electron chi connectivity index (χ1n) is 9.94. The molecule has 7 nitrogen and oxygen atoms in total. The number of pyridine rings is 2. The fraction of sp³-hybridized carbons (Fsp3) is 0.318. The van der Waals surface area contributed by atoms with Crippen molar-refractivity contribution in [3.05, 3.63) is 54.0 Å². The van der Waals surface area contributed by atoms with Gasteiger partial charge in [0.1, 0.15) is 11.9 Å². The van der Waals surface area contributed by atoms with E-state index in [1.165, 1.54) is 5.57 Å². The van der Waals surface area contributed by atoms with Crippen LogP contribution >= 0.6 is 0 Å². The molecule has 0 spiro atoms. The Kier molecular flexibility index (Phi) is 4.72. The molecule has 5 rings (SSSR count). The van der Waals surface area contributed by atoms with Gasteiger partial charge in [-0.15, -0.1) is 0 Å². The summed E-state index contributed by atoms with van der Waals surface area (Å²) >= 11 is 0. The van der Waals surface area contributed by atoms with Crippen molar-refractivity contribution in [2.24, 2.45) is 0 Å². The number of piperazine rings is 1. The highest BCUT2D eigenvalue weighted by Crippen LogP contribution is 2.32. The molecule has 0 bridgehead atoms. The fourth-order valence-electron chi connectivity index (χ4n) is 4.01. The number of nitrogens with zero attached hydrogens (tertiary/aromatic N) is 5. The lowest BCUT2D eigenvalue weighted by molar-refractivity contribution is 0.161. The van der Waals surface area contributed by atoms with Crippen LogP contribution in [0, 0.1) is 11.3 Å². The second-order valence-corrected chi connectivity index (χ2v) is 7.30. The molecule has 3 aromatic rings. The van der Waals surface area contributed by atoms with Crippen LogP contribution in [0.1, 0.15) is 17.5 Å². The van der Waals surface area contributed by atoms with Gasteiger partial charge in [-0.2, -0.15) is 10.4 Å². The summed E-state index contributed by atoms with van der Waals surface area (Å²) in [6, 6.07) is 8.58. The number of fused-ring (bicyclic) bond motifs is 1. The van der Waals surface area contributed by atoms with E-state index in [1.807, 2.05) is 16.9 Å². The molecule has 0 unspecified atom stereocenters. The molecule has 1 fully saturated rings. The third kappa shape index (κ3) is 3.37. The number of aromatic nitrogens is 3. The maximum absolute atomic E-state index is 9.57. The van der Waals surface area contributed by atoms with Crippen molar-refractivity contribution >= 4 is 16.9 Å². The molecule has 0 aromatic carbocycles. The van der Waals surface area contributed by atoms with E-state index in [-0.39, 0.29) is 0 Å². The van der Waals surface area contributed by atoms with E-state index in [4.69, 9.17) is 9.72 Å². The lowest BCUT2D eigenvalue weighted by Crippen LogP contribution is -2.43. The number of nitriles is 1. The Labute approximate surface area is 169 Å². The second-order valence-electron chi connectivity index (χ2n) is 7.30. The molecule has 5 heterocycles. The van der Waals surface area contributed by atoms with Crippen molar-refractivity contribution in [3.8, 4) is 17.2 Å². The van der Waals surface area contributed by atoms with Gasteiger partial charge in [-0.3, -0.25) is 0 Å². The van der Waals surface area contributed by atoms with Gasteiger partial charge in [0.25, 0.3) is 0 Å². The Balaban J connectivity index is 1.59. The van der Waals surface area contributed by atoms with E-state index in [0.717, 1.165) is 67.2 Å². The Morgan fingerprint density at radius 1 is 1.14 bits per heavy atom. The van der Waals surface area contributed by atoms with Crippen LogP contribution in [0.4, 0.5) is 5.82 Å². The summed E-state index contributed by atoms with van der Waals surface area (Å²) in [6.45, 7) is 5.24. The molecule has 0 saturated carbocycles. The number of hydrogen-bond donors (Lipinski definition) is 1. The monoisotopic (exact) mass is 386 g/mol. The lowest BCUT2D eigenvalue weighted by atomic mass is 9.98. The van der Waals surface area contributed by atoms with Crippen molar-refractivity contribution in [3.63, 3.8) is 0 Å². The highest BCUT2D eigenvalue weighted by Gasteiger charge is 2.17. The lowest BCUT2D eigenvalue weighted by Gasteiger charge is -2.28. The number of hydrogen-bond acceptors (Lipinski definition) is 6. The van der Waals surface area contributed by atoms with E-state index < -0.39 is 0 Å². The molecule has 7 heteroatoms. The highest BCUT2D eigenvalue weighted by atomic mass is 16.5. The van der Waals surface area contributed by atoms with Crippen LogP contribution in [-0.2, 0) is 4.74 Å². The Morgan fingerprint density at radius 2 is 2.03 bits per heavy atom. The summed E-state index contributed by atoms with van der Waals surface area (Å²) in [6.07, 6.45) is 8.53. The van der Waals surface area contributed by atoms with Gasteiger partial charge in [-0.1, -0.05) is 6.08 Å². The summed E-state index contributed by atoms with van der Waals surface area (Å²) in [7, 11) is 0. The van der Waals surface area contributed by atoms with Gasteiger partial charge < -0.3 is 15.0 Å². The summed E-state index contributed by atoms with van der Waals surface area (Å²) in [5.74, 6) is 0.989. The average Bonchev–Trinajstić information content (AvgIpc) is 3.23. The molecule has 0 atom stereocenters. The zero-order chi connectivity index (χ0) is 19.6. The van der Waals surface area contributed by atoms with Crippen LogP contribution in [0.2, 0.25) is 0 Å². The minimum absolute atomic E-state index is 0.568. The van der Waals surface area contributed by atoms with Gasteiger partial charge in [0, 0.05) is 49.7 Å². The quantitative estimate of drug-likeness (QED) is 0.745. The summed E-state index contributed by atoms with van der Waals surface area (Å²) in [5.41, 5.74) is 5.70. The van der Waals surface area contributed by atoms with E-state index in [9.17, 15) is 5.26 Å². The molecule has 0 aliphatic carbocycles. The van der Waals surface area contributed by atoms with Crippen LogP contribution < -0.4 is 10.2 Å². The minimum atomic E-state index is 0.568. The van der Waals surface area contributed by atoms with Crippen molar-refractivity contribution in [2.75, 3.05) is 44.3 Å². The van der Waals surface area contributed by atoms with Crippen LogP contribution in [0.5, 0.6) is 0 Å². The van der Waals surface area contributed by atoms with Crippen molar-refractivity contribution in [1.82, 2.24) is 19.9 Å². The van der Waals surface area contributed by atoms with E-state index in [2.05, 4.69) is 45.7 Å². The molecular weight excluding hydrogens is 364 g/mol. The van der Waals surface area contributed by atoms with Crippen LogP contribution in [0.15, 0.2) is 42.9 Å². The number of rotatable bonds is 3. The maximum atomic E-state index is 9.57. The smallest absolute Gasteiger partial charge is 0.128 e. The number of nitrogens with one attached hydrogen (secondary N) is 1. The zero-order valence-electron chi connectivity index (χ0n) is 16.1. The first kappa shape index (κ1) is 17.9. The Hall–Kier alpha value is -3.21. The normalized spacial score (nSPS) is 17.2. The molecule has 146 valence electrons. The van der Waals surface area contributed by atoms with Gasteiger partial charge in [0.15, 0.2) is 0 Å². The Morgan fingerprint density at radius 3 is 2.76 bits per heavy atom. The van der Waals surface area contributed by atoms with Crippen molar-refractivity contribution in [1.29, 1.82) is 5.26 Å². The summed E-state index contributed by atoms with van der Waals surface area (Å²) in [5, 5.41) is 17.4. The number of anilines is 1. The summed E-state index contributed by atoms with van der Waals surface area (Å²) < 4.78 is 7.26. The standard InChI is InChI=1S/C22H22N6O/c23-12-19-14-26-28-15-18(16-3-9-29-10-4-16)11-20(22(19)28)17-1-2-21(25-13-17)27-7-5-24-6-8-27/h1-3,11,13-15,24H,4-10H2. The zero-order valence-corrected chi connectivity index (χ0v) is 16.1. The molecule has 2 aliphatic rings. The van der Waals surface area contributed by atoms with E-state index in [1.54, 1.807) is 6.20 Å². The third-order valence-electron chi connectivity index (χ3n) is 5.57. The molecule has 1 saturated heterocycles. The fourth-order valence-corrected chi connectivity index (χ4v) is 4.01. The van der Waals surface area contributed by atoms with Gasteiger partial charge in [-0.05, 0) is 35.8 Å². The average molecular weight is 386 g/mol. The van der Waals surface area contributed by atoms with Crippen LogP contribution in [-0.4, -0.2) is 54.0 Å². The first-order valence-corrected chi connectivity index (χ1v) is 9.94. The molecule has 1 N–H and O–H groups in total. The Bertz CT molecular complexity index is 1100. The van der Waals surface area contributed by atoms with Gasteiger partial charge in [0.2, 0.25) is 0 Å². The predicted molar refractivity (Wildman–Crippen MR) is 112 cm³/mol. The number of ether oxygens (including phenoxy) is 1. The van der Waals surface area contributed by atoms with Crippen LogP contribution in [0.25, 0.3) is 22.2 Å². The third-order valence-corrected chi connectivity index (χ3v) is 5.57. The molecule has 2 aliphatic heterocycles. The van der Waals surface area contributed by atoms with Crippen molar-refractivity contribution in [2.45, 2.75) is 6.42 Å². The van der Waals surface area contributed by atoms with E-state index in [0.29, 0.717) is 12.2 Å². The molecule has 3 aromatic heterocycles.